The molecule has 0 N–H and O–H groups in total. The van der Waals surface area contributed by atoms with E-state index < -0.39 is 0 Å². The Labute approximate surface area is 107 Å². The van der Waals surface area contributed by atoms with Crippen molar-refractivity contribution in [3.05, 3.63) is 48.2 Å². The van der Waals surface area contributed by atoms with Crippen molar-refractivity contribution in [2.24, 2.45) is 0 Å². The van der Waals surface area contributed by atoms with Crippen LogP contribution >= 0.6 is 0 Å². The normalized spacial score (nSPS) is 12.4. The monoisotopic (exact) mass is 238 g/mol. The van der Waals surface area contributed by atoms with Crippen LogP contribution in [0.4, 0.5) is 0 Å². The van der Waals surface area contributed by atoms with Crippen LogP contribution in [0, 0.1) is 0 Å². The van der Waals surface area contributed by atoms with Gasteiger partial charge in [0.25, 0.3) is 0 Å². The Kier molecular flexibility index (Phi) is 2.40. The largest absolute Gasteiger partial charge is 0.300 e. The SMILES string of the molecule is CCC(C)(C)c1ccc2nc3ccccn3c2c1. The molecule has 2 nitrogen and oxygen atoms in total. The molecular weight excluding hydrogens is 220 g/mol. The number of imidazole rings is 1. The first kappa shape index (κ1) is 11.3. The van der Waals surface area contributed by atoms with Gasteiger partial charge in [0.15, 0.2) is 0 Å². The van der Waals surface area contributed by atoms with Gasteiger partial charge >= 0.3 is 0 Å². The number of benzene rings is 1. The Hall–Kier alpha value is -1.83. The molecule has 0 bridgehead atoms. The highest BCUT2D eigenvalue weighted by Gasteiger charge is 2.19. The Morgan fingerprint density at radius 1 is 1.17 bits per heavy atom. The number of nitrogens with zero attached hydrogens (tertiary/aromatic N) is 2. The minimum absolute atomic E-state index is 0.215. The third-order valence-electron chi connectivity index (χ3n) is 3.97. The van der Waals surface area contributed by atoms with Crippen molar-refractivity contribution in [1.29, 1.82) is 0 Å². The van der Waals surface area contributed by atoms with Gasteiger partial charge in [-0.2, -0.15) is 0 Å². The van der Waals surface area contributed by atoms with Gasteiger partial charge in [-0.3, -0.25) is 4.40 Å². The predicted molar refractivity (Wildman–Crippen MR) is 76.0 cm³/mol. The fourth-order valence-electron chi connectivity index (χ4n) is 2.29. The maximum atomic E-state index is 4.63. The van der Waals surface area contributed by atoms with E-state index in [9.17, 15) is 0 Å². The van der Waals surface area contributed by atoms with Gasteiger partial charge < -0.3 is 0 Å². The van der Waals surface area contributed by atoms with Crippen molar-refractivity contribution in [2.75, 3.05) is 0 Å². The van der Waals surface area contributed by atoms with Crippen LogP contribution in [0.15, 0.2) is 42.6 Å². The van der Waals surface area contributed by atoms with Crippen molar-refractivity contribution in [3.8, 4) is 0 Å². The predicted octanol–water partition coefficient (Wildman–Crippen LogP) is 4.18. The molecule has 0 saturated carbocycles. The Morgan fingerprint density at radius 3 is 2.78 bits per heavy atom. The molecule has 1 aromatic carbocycles. The summed E-state index contributed by atoms with van der Waals surface area (Å²) in [5, 5.41) is 0. The summed E-state index contributed by atoms with van der Waals surface area (Å²) < 4.78 is 2.16. The fourth-order valence-corrected chi connectivity index (χ4v) is 2.29. The van der Waals surface area contributed by atoms with Crippen LogP contribution in [0.3, 0.4) is 0 Å². The van der Waals surface area contributed by atoms with E-state index >= 15 is 0 Å². The van der Waals surface area contributed by atoms with Crippen molar-refractivity contribution in [2.45, 2.75) is 32.6 Å². The molecule has 0 aliphatic carbocycles. The van der Waals surface area contributed by atoms with Gasteiger partial charge in [-0.05, 0) is 41.7 Å². The van der Waals surface area contributed by atoms with Crippen molar-refractivity contribution in [1.82, 2.24) is 9.38 Å². The Balaban J connectivity index is 2.31. The molecule has 3 aromatic rings. The van der Waals surface area contributed by atoms with Crippen LogP contribution in [-0.4, -0.2) is 9.38 Å². The second kappa shape index (κ2) is 3.84. The van der Waals surface area contributed by atoms with E-state index in [0.29, 0.717) is 0 Å². The van der Waals surface area contributed by atoms with Gasteiger partial charge in [0, 0.05) is 6.20 Å². The lowest BCUT2D eigenvalue weighted by atomic mass is 9.82. The zero-order valence-corrected chi connectivity index (χ0v) is 11.1. The molecule has 0 saturated heterocycles. The first-order chi connectivity index (χ1) is 8.62. The molecule has 0 aliphatic rings. The number of pyridine rings is 1. The van der Waals surface area contributed by atoms with E-state index in [4.69, 9.17) is 0 Å². The molecule has 2 aromatic heterocycles. The molecular formula is C16H18N2. The summed E-state index contributed by atoms with van der Waals surface area (Å²) in [6.07, 6.45) is 3.21. The van der Waals surface area contributed by atoms with Crippen LogP contribution in [0.5, 0.6) is 0 Å². The molecule has 0 aliphatic heterocycles. The van der Waals surface area contributed by atoms with Gasteiger partial charge in [-0.1, -0.05) is 32.9 Å². The summed E-state index contributed by atoms with van der Waals surface area (Å²) in [5.74, 6) is 0. The van der Waals surface area contributed by atoms with Crippen LogP contribution in [0.2, 0.25) is 0 Å². The van der Waals surface area contributed by atoms with Crippen LogP contribution in [0.25, 0.3) is 16.7 Å². The summed E-state index contributed by atoms with van der Waals surface area (Å²) in [7, 11) is 0. The van der Waals surface area contributed by atoms with Crippen LogP contribution < -0.4 is 0 Å². The quantitative estimate of drug-likeness (QED) is 0.654. The highest BCUT2D eigenvalue weighted by Crippen LogP contribution is 2.29. The minimum Gasteiger partial charge on any atom is -0.300 e. The third-order valence-corrected chi connectivity index (χ3v) is 3.97. The van der Waals surface area contributed by atoms with E-state index in [0.717, 1.165) is 17.6 Å². The average Bonchev–Trinajstić information content (AvgIpc) is 2.76. The molecule has 0 unspecified atom stereocenters. The van der Waals surface area contributed by atoms with E-state index in [-0.39, 0.29) is 5.41 Å². The summed E-state index contributed by atoms with van der Waals surface area (Å²) in [6.45, 7) is 6.81. The maximum Gasteiger partial charge on any atom is 0.137 e. The molecule has 3 rings (SSSR count). The van der Waals surface area contributed by atoms with Crippen molar-refractivity contribution >= 4 is 16.7 Å². The molecule has 18 heavy (non-hydrogen) atoms. The molecule has 0 fully saturated rings. The van der Waals surface area contributed by atoms with Gasteiger partial charge in [0.1, 0.15) is 5.65 Å². The number of aromatic nitrogens is 2. The first-order valence-corrected chi connectivity index (χ1v) is 6.49. The number of hydrogen-bond acceptors (Lipinski definition) is 1. The number of rotatable bonds is 2. The average molecular weight is 238 g/mol. The van der Waals surface area contributed by atoms with E-state index in [2.05, 4.69) is 54.6 Å². The zero-order chi connectivity index (χ0) is 12.8. The van der Waals surface area contributed by atoms with E-state index in [1.54, 1.807) is 0 Å². The molecule has 2 heterocycles. The Morgan fingerprint density at radius 2 is 2.00 bits per heavy atom. The van der Waals surface area contributed by atoms with Gasteiger partial charge in [-0.15, -0.1) is 0 Å². The van der Waals surface area contributed by atoms with Crippen molar-refractivity contribution < 1.29 is 0 Å². The van der Waals surface area contributed by atoms with E-state index in [1.807, 2.05) is 18.2 Å². The standard InChI is InChI=1S/C16H18N2/c1-4-16(2,3)12-8-9-13-14(11-12)18-10-6-5-7-15(18)17-13/h5-11H,4H2,1-3H3. The summed E-state index contributed by atoms with van der Waals surface area (Å²) in [5.41, 5.74) is 4.87. The molecule has 0 spiro atoms. The van der Waals surface area contributed by atoms with Crippen LogP contribution in [-0.2, 0) is 5.41 Å². The second-order valence-corrected chi connectivity index (χ2v) is 5.48. The lowest BCUT2D eigenvalue weighted by molar-refractivity contribution is 0.507. The van der Waals surface area contributed by atoms with Crippen molar-refractivity contribution in [3.63, 3.8) is 0 Å². The minimum atomic E-state index is 0.215. The topological polar surface area (TPSA) is 17.3 Å². The smallest absolute Gasteiger partial charge is 0.137 e. The van der Waals surface area contributed by atoms with E-state index in [1.165, 1.54) is 11.1 Å². The maximum absolute atomic E-state index is 4.63. The molecule has 0 radical (unpaired) electrons. The summed E-state index contributed by atoms with van der Waals surface area (Å²) in [6, 6.07) is 12.7. The molecule has 92 valence electrons. The Bertz CT molecular complexity index is 707. The molecule has 2 heteroatoms. The number of hydrogen-bond donors (Lipinski definition) is 0. The highest BCUT2D eigenvalue weighted by molar-refractivity contribution is 5.81. The van der Waals surface area contributed by atoms with Crippen LogP contribution in [0.1, 0.15) is 32.8 Å². The van der Waals surface area contributed by atoms with Gasteiger partial charge in [-0.25, -0.2) is 4.98 Å². The highest BCUT2D eigenvalue weighted by atomic mass is 15.0. The third kappa shape index (κ3) is 1.60. The number of fused-ring (bicyclic) bond motifs is 3. The second-order valence-electron chi connectivity index (χ2n) is 5.48. The molecule has 0 atom stereocenters. The lowest BCUT2D eigenvalue weighted by Crippen LogP contribution is -2.15. The van der Waals surface area contributed by atoms with Gasteiger partial charge in [0.05, 0.1) is 11.0 Å². The van der Waals surface area contributed by atoms with Gasteiger partial charge in [0.2, 0.25) is 0 Å². The summed E-state index contributed by atoms with van der Waals surface area (Å²) >= 11 is 0. The zero-order valence-electron chi connectivity index (χ0n) is 11.1. The first-order valence-electron chi connectivity index (χ1n) is 6.49. The molecule has 0 amide bonds. The summed E-state index contributed by atoms with van der Waals surface area (Å²) in [4.78, 5) is 4.63. The fraction of sp³-hybridized carbons (Fsp3) is 0.312. The lowest BCUT2D eigenvalue weighted by Gasteiger charge is -2.23.